The zero-order valence-corrected chi connectivity index (χ0v) is 10.3. The van der Waals surface area contributed by atoms with Crippen LogP contribution in [0.5, 0.6) is 0 Å². The highest BCUT2D eigenvalue weighted by Crippen LogP contribution is 2.11. The highest BCUT2D eigenvalue weighted by Gasteiger charge is 2.23. The zero-order valence-electron chi connectivity index (χ0n) is 9.48. The minimum Gasteiger partial charge on any atom is -0.343 e. The fraction of sp³-hybridized carbons (Fsp3) is 0.889. The van der Waals surface area contributed by atoms with Gasteiger partial charge in [-0.25, -0.2) is 13.1 Å². The van der Waals surface area contributed by atoms with Gasteiger partial charge in [-0.3, -0.25) is 4.79 Å². The summed E-state index contributed by atoms with van der Waals surface area (Å²) in [6, 6.07) is -0.0445. The van der Waals surface area contributed by atoms with Gasteiger partial charge in [0.15, 0.2) is 0 Å². The van der Waals surface area contributed by atoms with Crippen LogP contribution in [0.4, 0.5) is 0 Å². The molecule has 6 nitrogen and oxygen atoms in total. The molecule has 1 fully saturated rings. The molecule has 16 heavy (non-hydrogen) atoms. The summed E-state index contributed by atoms with van der Waals surface area (Å²) in [5, 5.41) is 0. The molecule has 0 aliphatic carbocycles. The lowest BCUT2D eigenvalue weighted by molar-refractivity contribution is -0.132. The van der Waals surface area contributed by atoms with E-state index < -0.39 is 10.0 Å². The first-order chi connectivity index (χ1) is 7.42. The Balaban J connectivity index is 2.37. The largest absolute Gasteiger partial charge is 0.343 e. The summed E-state index contributed by atoms with van der Waals surface area (Å²) in [6.07, 6.45) is 2.86. The molecule has 0 unspecified atom stereocenters. The van der Waals surface area contributed by atoms with Crippen LogP contribution in [-0.2, 0) is 14.8 Å². The van der Waals surface area contributed by atoms with Gasteiger partial charge in [0, 0.05) is 32.1 Å². The number of sulfonamides is 1. The van der Waals surface area contributed by atoms with E-state index in [9.17, 15) is 13.2 Å². The number of nitrogens with one attached hydrogen (secondary N) is 1. The molecule has 0 aromatic heterocycles. The summed E-state index contributed by atoms with van der Waals surface area (Å²) in [4.78, 5) is 13.2. The molecule has 1 aliphatic rings. The number of nitrogens with two attached hydrogens (primary N) is 1. The van der Waals surface area contributed by atoms with Crippen LogP contribution < -0.4 is 10.5 Å². The normalized spacial score (nSPS) is 18.8. The summed E-state index contributed by atoms with van der Waals surface area (Å²) in [6.45, 7) is 1.57. The molecule has 94 valence electrons. The van der Waals surface area contributed by atoms with E-state index in [1.165, 1.54) is 0 Å². The SMILES string of the molecule is CS(=O)(=O)NC1CCN(C(=O)CCN)CC1. The summed E-state index contributed by atoms with van der Waals surface area (Å²) in [5.41, 5.74) is 5.31. The average Bonchev–Trinajstić information content (AvgIpc) is 2.16. The van der Waals surface area contributed by atoms with Crippen LogP contribution in [0.3, 0.4) is 0 Å². The van der Waals surface area contributed by atoms with Crippen molar-refractivity contribution < 1.29 is 13.2 Å². The molecule has 0 spiro atoms. The van der Waals surface area contributed by atoms with Gasteiger partial charge in [-0.05, 0) is 12.8 Å². The number of piperidine rings is 1. The van der Waals surface area contributed by atoms with Crippen molar-refractivity contribution >= 4 is 15.9 Å². The number of nitrogens with zero attached hydrogens (tertiary/aromatic N) is 1. The second-order valence-electron chi connectivity index (χ2n) is 4.08. The maximum absolute atomic E-state index is 11.5. The lowest BCUT2D eigenvalue weighted by Gasteiger charge is -2.32. The minimum absolute atomic E-state index is 0.0445. The van der Waals surface area contributed by atoms with E-state index >= 15 is 0 Å². The molecule has 0 atom stereocenters. The second kappa shape index (κ2) is 5.60. The standard InChI is InChI=1S/C9H19N3O3S/c1-16(14,15)11-8-3-6-12(7-4-8)9(13)2-5-10/h8,11H,2-7,10H2,1H3. The van der Waals surface area contributed by atoms with E-state index in [-0.39, 0.29) is 11.9 Å². The first kappa shape index (κ1) is 13.4. The summed E-state index contributed by atoms with van der Waals surface area (Å²) in [5.74, 6) is 0.0558. The number of hydrogen-bond donors (Lipinski definition) is 2. The summed E-state index contributed by atoms with van der Waals surface area (Å²) < 4.78 is 24.6. The highest BCUT2D eigenvalue weighted by molar-refractivity contribution is 7.88. The van der Waals surface area contributed by atoms with E-state index in [2.05, 4.69) is 4.72 Å². The molecule has 1 heterocycles. The monoisotopic (exact) mass is 249 g/mol. The Labute approximate surface area is 96.2 Å². The summed E-state index contributed by atoms with van der Waals surface area (Å²) in [7, 11) is -3.15. The van der Waals surface area contributed by atoms with Crippen LogP contribution in [-0.4, -0.2) is 51.2 Å². The van der Waals surface area contributed by atoms with Crippen molar-refractivity contribution in [2.75, 3.05) is 25.9 Å². The van der Waals surface area contributed by atoms with Crippen LogP contribution >= 0.6 is 0 Å². The quantitative estimate of drug-likeness (QED) is 0.660. The predicted octanol–water partition coefficient (Wildman–Crippen LogP) is -1.12. The van der Waals surface area contributed by atoms with Crippen LogP contribution in [0.25, 0.3) is 0 Å². The van der Waals surface area contributed by atoms with Gasteiger partial charge in [-0.15, -0.1) is 0 Å². The third-order valence-electron chi connectivity index (χ3n) is 2.59. The van der Waals surface area contributed by atoms with Crippen LogP contribution in [0.15, 0.2) is 0 Å². The van der Waals surface area contributed by atoms with Crippen molar-refractivity contribution in [2.24, 2.45) is 5.73 Å². The number of carbonyl (C=O) groups excluding carboxylic acids is 1. The van der Waals surface area contributed by atoms with E-state index in [0.29, 0.717) is 38.9 Å². The van der Waals surface area contributed by atoms with Crippen molar-refractivity contribution in [1.29, 1.82) is 0 Å². The number of carbonyl (C=O) groups is 1. The molecular weight excluding hydrogens is 230 g/mol. The molecule has 1 aliphatic heterocycles. The maximum atomic E-state index is 11.5. The molecule has 0 aromatic carbocycles. The van der Waals surface area contributed by atoms with Gasteiger partial charge in [0.05, 0.1) is 6.26 Å². The Kier molecular flexibility index (Phi) is 4.69. The Hall–Kier alpha value is -0.660. The Morgan fingerprint density at radius 2 is 2.00 bits per heavy atom. The maximum Gasteiger partial charge on any atom is 0.223 e. The lowest BCUT2D eigenvalue weighted by Crippen LogP contribution is -2.46. The van der Waals surface area contributed by atoms with Crippen LogP contribution in [0, 0.1) is 0 Å². The number of hydrogen-bond acceptors (Lipinski definition) is 4. The molecule has 1 amide bonds. The second-order valence-corrected chi connectivity index (χ2v) is 5.86. The molecule has 0 aromatic rings. The van der Waals surface area contributed by atoms with E-state index in [1.54, 1.807) is 4.90 Å². The molecule has 3 N–H and O–H groups in total. The lowest BCUT2D eigenvalue weighted by atomic mass is 10.1. The fourth-order valence-electron chi connectivity index (χ4n) is 1.83. The van der Waals surface area contributed by atoms with Gasteiger partial charge in [0.1, 0.15) is 0 Å². The van der Waals surface area contributed by atoms with Gasteiger partial charge < -0.3 is 10.6 Å². The highest BCUT2D eigenvalue weighted by atomic mass is 32.2. The molecule has 0 bridgehead atoms. The third-order valence-corrected chi connectivity index (χ3v) is 3.35. The Bertz CT molecular complexity index is 334. The van der Waals surface area contributed by atoms with Crippen molar-refractivity contribution in [3.63, 3.8) is 0 Å². The van der Waals surface area contributed by atoms with E-state index in [4.69, 9.17) is 5.73 Å². The van der Waals surface area contributed by atoms with Crippen molar-refractivity contribution in [3.8, 4) is 0 Å². The predicted molar refractivity (Wildman–Crippen MR) is 61.3 cm³/mol. The minimum atomic E-state index is -3.15. The number of likely N-dealkylation sites (tertiary alicyclic amines) is 1. The number of amides is 1. The van der Waals surface area contributed by atoms with Crippen molar-refractivity contribution in [2.45, 2.75) is 25.3 Å². The average molecular weight is 249 g/mol. The van der Waals surface area contributed by atoms with Crippen LogP contribution in [0.1, 0.15) is 19.3 Å². The first-order valence-corrected chi connectivity index (χ1v) is 7.26. The third kappa shape index (κ3) is 4.46. The first-order valence-electron chi connectivity index (χ1n) is 5.37. The molecular formula is C9H19N3O3S. The van der Waals surface area contributed by atoms with Gasteiger partial charge in [0.25, 0.3) is 0 Å². The summed E-state index contributed by atoms with van der Waals surface area (Å²) >= 11 is 0. The van der Waals surface area contributed by atoms with Gasteiger partial charge >= 0.3 is 0 Å². The fourth-order valence-corrected chi connectivity index (χ4v) is 2.67. The van der Waals surface area contributed by atoms with Gasteiger partial charge in [-0.2, -0.15) is 0 Å². The Morgan fingerprint density at radius 3 is 2.44 bits per heavy atom. The van der Waals surface area contributed by atoms with Crippen molar-refractivity contribution in [3.05, 3.63) is 0 Å². The smallest absolute Gasteiger partial charge is 0.223 e. The molecule has 1 saturated heterocycles. The Morgan fingerprint density at radius 1 is 1.44 bits per heavy atom. The van der Waals surface area contributed by atoms with E-state index in [0.717, 1.165) is 6.26 Å². The van der Waals surface area contributed by atoms with E-state index in [1.807, 2.05) is 0 Å². The molecule has 0 radical (unpaired) electrons. The molecule has 7 heteroatoms. The van der Waals surface area contributed by atoms with Crippen molar-refractivity contribution in [1.82, 2.24) is 9.62 Å². The topological polar surface area (TPSA) is 92.5 Å². The van der Waals surface area contributed by atoms with Gasteiger partial charge in [0.2, 0.25) is 15.9 Å². The number of rotatable bonds is 4. The zero-order chi connectivity index (χ0) is 12.2. The molecule has 1 rings (SSSR count). The van der Waals surface area contributed by atoms with Gasteiger partial charge in [-0.1, -0.05) is 0 Å². The van der Waals surface area contributed by atoms with Crippen LogP contribution in [0.2, 0.25) is 0 Å². The molecule has 0 saturated carbocycles.